The highest BCUT2D eigenvalue weighted by Gasteiger charge is 2.23. The van der Waals surface area contributed by atoms with E-state index in [0.717, 1.165) is 31.3 Å². The average Bonchev–Trinajstić information content (AvgIpc) is 2.52. The van der Waals surface area contributed by atoms with Gasteiger partial charge < -0.3 is 20.1 Å². The van der Waals surface area contributed by atoms with Crippen LogP contribution in [-0.4, -0.2) is 61.4 Å². The predicted octanol–water partition coefficient (Wildman–Crippen LogP) is 1.17. The van der Waals surface area contributed by atoms with E-state index in [0.29, 0.717) is 19.4 Å². The number of piperidine rings is 1. The largest absolute Gasteiger partial charge is 0.389 e. The van der Waals surface area contributed by atoms with Crippen LogP contribution in [-0.2, 0) is 4.74 Å². The maximum atomic E-state index is 13.6. The van der Waals surface area contributed by atoms with Gasteiger partial charge in [0.05, 0.1) is 18.3 Å². The number of hydrogen-bond donors (Lipinski definition) is 2. The molecule has 1 aliphatic heterocycles. The highest BCUT2D eigenvalue weighted by atomic mass is 19.1. The molecule has 128 valence electrons. The molecule has 5 nitrogen and oxygen atoms in total. The van der Waals surface area contributed by atoms with E-state index in [4.69, 9.17) is 4.74 Å². The first-order chi connectivity index (χ1) is 11.0. The van der Waals surface area contributed by atoms with Gasteiger partial charge in [-0.25, -0.2) is 8.78 Å². The first-order valence-corrected chi connectivity index (χ1v) is 7.65. The molecule has 1 fully saturated rings. The van der Waals surface area contributed by atoms with Gasteiger partial charge in [-0.3, -0.25) is 4.79 Å². The first kappa shape index (κ1) is 17.8. The fourth-order valence-corrected chi connectivity index (χ4v) is 2.74. The zero-order valence-electron chi connectivity index (χ0n) is 13.1. The number of halogens is 2. The number of likely N-dealkylation sites (tertiary alicyclic amines) is 1. The van der Waals surface area contributed by atoms with Crippen molar-refractivity contribution in [1.29, 1.82) is 0 Å². The average molecular weight is 328 g/mol. The Morgan fingerprint density at radius 1 is 1.43 bits per heavy atom. The van der Waals surface area contributed by atoms with Crippen molar-refractivity contribution in [1.82, 2.24) is 10.2 Å². The molecule has 0 aliphatic carbocycles. The third-order valence-electron chi connectivity index (χ3n) is 3.92. The van der Waals surface area contributed by atoms with E-state index in [1.165, 1.54) is 7.11 Å². The molecule has 0 bridgehead atoms. The minimum absolute atomic E-state index is 0.0824. The van der Waals surface area contributed by atoms with Crippen LogP contribution in [0.2, 0.25) is 0 Å². The number of carbonyl (C=O) groups is 1. The maximum absolute atomic E-state index is 13.6. The van der Waals surface area contributed by atoms with Crippen molar-refractivity contribution in [3.05, 3.63) is 35.4 Å². The van der Waals surface area contributed by atoms with Crippen LogP contribution in [0.1, 0.15) is 23.2 Å². The van der Waals surface area contributed by atoms with Crippen LogP contribution in [0.4, 0.5) is 8.78 Å². The normalized spacial score (nSPS) is 17.9. The lowest BCUT2D eigenvalue weighted by Crippen LogP contribution is -2.47. The van der Waals surface area contributed by atoms with Crippen molar-refractivity contribution in [3.63, 3.8) is 0 Å². The molecule has 1 heterocycles. The van der Waals surface area contributed by atoms with Gasteiger partial charge in [-0.15, -0.1) is 0 Å². The van der Waals surface area contributed by atoms with Gasteiger partial charge in [0.2, 0.25) is 0 Å². The molecule has 1 aromatic carbocycles. The highest BCUT2D eigenvalue weighted by molar-refractivity contribution is 5.94. The molecule has 1 unspecified atom stereocenters. The molecule has 2 rings (SSSR count). The molecule has 2 N–H and O–H groups in total. The molecule has 23 heavy (non-hydrogen) atoms. The minimum Gasteiger partial charge on any atom is -0.389 e. The lowest BCUT2D eigenvalue weighted by atomic mass is 10.0. The molecule has 0 aromatic heterocycles. The second kappa shape index (κ2) is 8.33. The van der Waals surface area contributed by atoms with Crippen molar-refractivity contribution < 1.29 is 23.4 Å². The van der Waals surface area contributed by atoms with E-state index in [1.807, 2.05) is 0 Å². The summed E-state index contributed by atoms with van der Waals surface area (Å²) in [5, 5.41) is 12.4. The summed E-state index contributed by atoms with van der Waals surface area (Å²) in [6.07, 6.45) is 0.859. The Labute approximate surface area is 134 Å². The lowest BCUT2D eigenvalue weighted by molar-refractivity contribution is 0.0309. The summed E-state index contributed by atoms with van der Waals surface area (Å²) in [4.78, 5) is 14.1. The fraction of sp³-hybridized carbons (Fsp3) is 0.562. The van der Waals surface area contributed by atoms with Crippen molar-refractivity contribution in [3.8, 4) is 0 Å². The number of amides is 1. The van der Waals surface area contributed by atoms with E-state index < -0.39 is 23.6 Å². The smallest absolute Gasteiger partial charge is 0.254 e. The Morgan fingerprint density at radius 2 is 2.13 bits per heavy atom. The van der Waals surface area contributed by atoms with Crippen LogP contribution in [0.3, 0.4) is 0 Å². The minimum atomic E-state index is -0.732. The summed E-state index contributed by atoms with van der Waals surface area (Å²) in [6, 6.07) is 2.75. The number of ether oxygens (including phenoxy) is 1. The van der Waals surface area contributed by atoms with Crippen LogP contribution < -0.4 is 5.32 Å². The van der Waals surface area contributed by atoms with Crippen LogP contribution in [0.25, 0.3) is 0 Å². The first-order valence-electron chi connectivity index (χ1n) is 7.65. The number of aliphatic hydroxyl groups excluding tert-OH is 1. The second-order valence-corrected chi connectivity index (χ2v) is 5.78. The van der Waals surface area contributed by atoms with Gasteiger partial charge >= 0.3 is 0 Å². The lowest BCUT2D eigenvalue weighted by Gasteiger charge is -2.33. The standard InChI is InChI=1S/C16H22F2N2O3/c1-23-10-13(21)9-20-6-4-12(5-7-20)19-16(22)14-8-11(17)2-3-15(14)18/h2-3,8,12-13,21H,4-7,9-10H2,1H3,(H,19,22). The van der Waals surface area contributed by atoms with Crippen molar-refractivity contribution >= 4 is 5.91 Å². The van der Waals surface area contributed by atoms with E-state index in [1.54, 1.807) is 0 Å². The molecule has 0 radical (unpaired) electrons. The molecular weight excluding hydrogens is 306 g/mol. The van der Waals surface area contributed by atoms with Crippen molar-refractivity contribution in [2.75, 3.05) is 33.4 Å². The number of β-amino-alcohol motifs (C(OH)–C–C–N with tert-alkyl or cyclic N) is 1. The quantitative estimate of drug-likeness (QED) is 0.823. The van der Waals surface area contributed by atoms with Gasteiger partial charge in [-0.05, 0) is 31.0 Å². The van der Waals surface area contributed by atoms with Crippen LogP contribution in [0, 0.1) is 11.6 Å². The number of hydrogen-bond acceptors (Lipinski definition) is 4. The Hall–Kier alpha value is -1.57. The van der Waals surface area contributed by atoms with Crippen LogP contribution in [0.15, 0.2) is 18.2 Å². The van der Waals surface area contributed by atoms with Gasteiger partial charge in [0.15, 0.2) is 0 Å². The summed E-state index contributed by atoms with van der Waals surface area (Å²) in [7, 11) is 1.54. The molecule has 1 amide bonds. The number of benzene rings is 1. The van der Waals surface area contributed by atoms with Crippen LogP contribution in [0.5, 0.6) is 0 Å². The van der Waals surface area contributed by atoms with E-state index in [9.17, 15) is 18.7 Å². The second-order valence-electron chi connectivity index (χ2n) is 5.78. The number of methoxy groups -OCH3 is 1. The molecule has 0 saturated carbocycles. The summed E-state index contributed by atoms with van der Waals surface area (Å²) in [5.74, 6) is -1.97. The van der Waals surface area contributed by atoms with E-state index in [2.05, 4.69) is 10.2 Å². The van der Waals surface area contributed by atoms with Crippen molar-refractivity contribution in [2.24, 2.45) is 0 Å². The Bertz CT molecular complexity index is 534. The number of rotatable bonds is 6. The monoisotopic (exact) mass is 328 g/mol. The van der Waals surface area contributed by atoms with Crippen LogP contribution >= 0.6 is 0 Å². The molecule has 1 atom stereocenters. The summed E-state index contributed by atoms with van der Waals surface area (Å²) in [5.41, 5.74) is -0.275. The molecular formula is C16H22F2N2O3. The Morgan fingerprint density at radius 3 is 2.78 bits per heavy atom. The summed E-state index contributed by atoms with van der Waals surface area (Å²) < 4.78 is 31.6. The zero-order valence-corrected chi connectivity index (χ0v) is 13.1. The maximum Gasteiger partial charge on any atom is 0.254 e. The molecule has 1 aromatic rings. The topological polar surface area (TPSA) is 61.8 Å². The number of nitrogens with one attached hydrogen (secondary N) is 1. The molecule has 1 saturated heterocycles. The Balaban J connectivity index is 1.82. The van der Waals surface area contributed by atoms with Gasteiger partial charge in [0.25, 0.3) is 5.91 Å². The Kier molecular flexibility index (Phi) is 6.44. The molecule has 7 heteroatoms. The predicted molar refractivity (Wildman–Crippen MR) is 81.2 cm³/mol. The van der Waals surface area contributed by atoms with Gasteiger partial charge in [0, 0.05) is 32.8 Å². The van der Waals surface area contributed by atoms with Gasteiger partial charge in [-0.2, -0.15) is 0 Å². The van der Waals surface area contributed by atoms with E-state index >= 15 is 0 Å². The van der Waals surface area contributed by atoms with Crippen molar-refractivity contribution in [2.45, 2.75) is 25.0 Å². The zero-order chi connectivity index (χ0) is 16.8. The highest BCUT2D eigenvalue weighted by Crippen LogP contribution is 2.14. The summed E-state index contributed by atoms with van der Waals surface area (Å²) in [6.45, 7) is 2.25. The third kappa shape index (κ3) is 5.23. The number of aliphatic hydroxyl groups is 1. The SMILES string of the molecule is COCC(O)CN1CCC(NC(=O)c2cc(F)ccc2F)CC1. The fourth-order valence-electron chi connectivity index (χ4n) is 2.74. The van der Waals surface area contributed by atoms with Gasteiger partial charge in [-0.1, -0.05) is 0 Å². The third-order valence-corrected chi connectivity index (χ3v) is 3.92. The molecule has 1 aliphatic rings. The number of carbonyl (C=O) groups excluding carboxylic acids is 1. The van der Waals surface area contributed by atoms with Gasteiger partial charge in [0.1, 0.15) is 11.6 Å². The molecule has 0 spiro atoms. The summed E-state index contributed by atoms with van der Waals surface area (Å²) >= 11 is 0. The van der Waals surface area contributed by atoms with E-state index in [-0.39, 0.29) is 18.2 Å². The number of nitrogens with zero attached hydrogens (tertiary/aromatic N) is 1.